The minimum atomic E-state index is 0. The minimum Gasteiger partial charge on any atom is -0.338 e. The third-order valence-electron chi connectivity index (χ3n) is 2.99. The highest BCUT2D eigenvalue weighted by Crippen LogP contribution is 2.24. The molecule has 2 rings (SSSR count). The topological polar surface area (TPSA) is 46.3 Å². The molecule has 1 amide bonds. The summed E-state index contributed by atoms with van der Waals surface area (Å²) in [7, 11) is 0. The minimum absolute atomic E-state index is 0. The molecule has 1 fully saturated rings. The fourth-order valence-corrected chi connectivity index (χ4v) is 3.15. The molecular weight excluding hydrogens is 383 g/mol. The second-order valence-corrected chi connectivity index (χ2v) is 6.02. The Bertz CT molecular complexity index is 434. The zero-order chi connectivity index (χ0) is 12.4. The second kappa shape index (κ2) is 6.89. The smallest absolute Gasteiger partial charge is 0.255 e. The predicted molar refractivity (Wildman–Crippen MR) is 82.2 cm³/mol. The van der Waals surface area contributed by atoms with Crippen molar-refractivity contribution in [2.75, 3.05) is 13.1 Å². The van der Waals surface area contributed by atoms with Crippen LogP contribution in [0.2, 0.25) is 0 Å². The summed E-state index contributed by atoms with van der Waals surface area (Å²) in [4.78, 5) is 14.2. The highest BCUT2D eigenvalue weighted by Gasteiger charge is 2.22. The van der Waals surface area contributed by atoms with Crippen molar-refractivity contribution in [2.24, 2.45) is 5.73 Å². The van der Waals surface area contributed by atoms with Crippen LogP contribution in [0, 0.1) is 0 Å². The number of likely N-dealkylation sites (tertiary alicyclic amines) is 1. The molecule has 0 unspecified atom stereocenters. The molecule has 18 heavy (non-hydrogen) atoms. The summed E-state index contributed by atoms with van der Waals surface area (Å²) in [5.74, 6) is 0.0799. The van der Waals surface area contributed by atoms with Gasteiger partial charge in [-0.3, -0.25) is 4.79 Å². The van der Waals surface area contributed by atoms with Crippen molar-refractivity contribution in [1.82, 2.24) is 4.90 Å². The molecule has 3 nitrogen and oxygen atoms in total. The molecule has 1 aliphatic heterocycles. The lowest BCUT2D eigenvalue weighted by Gasteiger charge is -2.30. The third-order valence-corrected chi connectivity index (χ3v) is 4.14. The van der Waals surface area contributed by atoms with Gasteiger partial charge in [-0.25, -0.2) is 0 Å². The summed E-state index contributed by atoms with van der Waals surface area (Å²) in [6.07, 6.45) is 1.78. The number of nitrogens with two attached hydrogens (primary N) is 1. The fourth-order valence-electron chi connectivity index (χ4n) is 1.94. The third kappa shape index (κ3) is 3.70. The van der Waals surface area contributed by atoms with Crippen molar-refractivity contribution < 1.29 is 4.79 Å². The number of rotatable bonds is 1. The number of benzene rings is 1. The molecule has 0 radical (unpaired) electrons. The molecule has 0 saturated carbocycles. The van der Waals surface area contributed by atoms with Crippen LogP contribution < -0.4 is 5.73 Å². The number of hydrogen-bond donors (Lipinski definition) is 1. The van der Waals surface area contributed by atoms with Crippen LogP contribution in [-0.4, -0.2) is 29.9 Å². The van der Waals surface area contributed by atoms with E-state index in [9.17, 15) is 4.79 Å². The molecule has 2 N–H and O–H groups in total. The van der Waals surface area contributed by atoms with E-state index in [1.807, 2.05) is 23.1 Å². The molecule has 1 aliphatic rings. The summed E-state index contributed by atoms with van der Waals surface area (Å²) in [6.45, 7) is 1.50. The van der Waals surface area contributed by atoms with Gasteiger partial charge in [0.2, 0.25) is 0 Å². The molecule has 0 bridgehead atoms. The average Bonchev–Trinajstić information content (AvgIpc) is 2.29. The number of carbonyl (C=O) groups excluding carboxylic acids is 1. The Morgan fingerprint density at radius 3 is 2.44 bits per heavy atom. The molecule has 0 atom stereocenters. The lowest BCUT2D eigenvalue weighted by atomic mass is 10.1. The van der Waals surface area contributed by atoms with E-state index in [2.05, 4.69) is 31.9 Å². The standard InChI is InChI=1S/C12H14Br2N2O.ClH/c13-8-1-2-10(11(14)7-8)12(17)16-5-3-9(15)4-6-16;/h1-2,7,9H,3-6,15H2;1H. The maximum Gasteiger partial charge on any atom is 0.255 e. The van der Waals surface area contributed by atoms with Crippen molar-refractivity contribution in [3.63, 3.8) is 0 Å². The number of halogens is 3. The van der Waals surface area contributed by atoms with Crippen molar-refractivity contribution in [1.29, 1.82) is 0 Å². The first kappa shape index (κ1) is 16.0. The number of nitrogens with zero attached hydrogens (tertiary/aromatic N) is 1. The molecule has 0 spiro atoms. The molecule has 0 aromatic heterocycles. The summed E-state index contributed by atoms with van der Waals surface area (Å²) in [5.41, 5.74) is 6.54. The van der Waals surface area contributed by atoms with Crippen molar-refractivity contribution in [2.45, 2.75) is 18.9 Å². The largest absolute Gasteiger partial charge is 0.338 e. The van der Waals surface area contributed by atoms with Gasteiger partial charge in [-0.1, -0.05) is 15.9 Å². The van der Waals surface area contributed by atoms with Crippen molar-refractivity contribution in [3.05, 3.63) is 32.7 Å². The monoisotopic (exact) mass is 396 g/mol. The van der Waals surface area contributed by atoms with Crippen LogP contribution in [-0.2, 0) is 0 Å². The summed E-state index contributed by atoms with van der Waals surface area (Å²) in [5, 5.41) is 0. The predicted octanol–water partition coefficient (Wildman–Crippen LogP) is 3.20. The summed E-state index contributed by atoms with van der Waals surface area (Å²) < 4.78 is 1.79. The zero-order valence-corrected chi connectivity index (χ0v) is 13.7. The van der Waals surface area contributed by atoms with E-state index in [0.29, 0.717) is 5.56 Å². The summed E-state index contributed by atoms with van der Waals surface area (Å²) >= 11 is 6.80. The van der Waals surface area contributed by atoms with Crippen LogP contribution >= 0.6 is 44.3 Å². The van der Waals surface area contributed by atoms with Crippen LogP contribution in [0.25, 0.3) is 0 Å². The van der Waals surface area contributed by atoms with Gasteiger partial charge in [0.25, 0.3) is 5.91 Å². The molecule has 6 heteroatoms. The average molecular weight is 399 g/mol. The maximum atomic E-state index is 12.3. The van der Waals surface area contributed by atoms with E-state index in [0.717, 1.165) is 34.9 Å². The normalized spacial score (nSPS) is 16.3. The Labute approximate surface area is 130 Å². The fraction of sp³-hybridized carbons (Fsp3) is 0.417. The molecule has 1 saturated heterocycles. The first-order valence-corrected chi connectivity index (χ1v) is 7.16. The molecule has 100 valence electrons. The van der Waals surface area contributed by atoms with Crippen LogP contribution in [0.4, 0.5) is 0 Å². The Kier molecular flexibility index (Phi) is 6.11. The number of hydrogen-bond acceptors (Lipinski definition) is 2. The van der Waals surface area contributed by atoms with Gasteiger partial charge in [0.05, 0.1) is 5.56 Å². The van der Waals surface area contributed by atoms with Crippen LogP contribution in [0.15, 0.2) is 27.1 Å². The van der Waals surface area contributed by atoms with E-state index in [1.54, 1.807) is 0 Å². The summed E-state index contributed by atoms with van der Waals surface area (Å²) in [6, 6.07) is 5.86. The van der Waals surface area contributed by atoms with E-state index in [4.69, 9.17) is 5.73 Å². The SMILES string of the molecule is Cl.NC1CCN(C(=O)c2ccc(Br)cc2Br)CC1. The van der Waals surface area contributed by atoms with E-state index in [1.165, 1.54) is 0 Å². The second-order valence-electron chi connectivity index (χ2n) is 4.25. The van der Waals surface area contributed by atoms with Crippen LogP contribution in [0.5, 0.6) is 0 Å². The lowest BCUT2D eigenvalue weighted by molar-refractivity contribution is 0.0714. The van der Waals surface area contributed by atoms with Crippen LogP contribution in [0.1, 0.15) is 23.2 Å². The van der Waals surface area contributed by atoms with E-state index < -0.39 is 0 Å². The van der Waals surface area contributed by atoms with Gasteiger partial charge in [-0.05, 0) is 47.0 Å². The quantitative estimate of drug-likeness (QED) is 0.790. The first-order chi connectivity index (χ1) is 8.08. The van der Waals surface area contributed by atoms with Gasteiger partial charge in [0, 0.05) is 28.1 Å². The molecule has 0 aliphatic carbocycles. The Morgan fingerprint density at radius 2 is 1.89 bits per heavy atom. The highest BCUT2D eigenvalue weighted by atomic mass is 79.9. The number of piperidine rings is 1. The Balaban J connectivity index is 0.00000162. The Morgan fingerprint density at radius 1 is 1.28 bits per heavy atom. The number of amides is 1. The van der Waals surface area contributed by atoms with Gasteiger partial charge in [-0.2, -0.15) is 0 Å². The lowest BCUT2D eigenvalue weighted by Crippen LogP contribution is -2.42. The first-order valence-electron chi connectivity index (χ1n) is 5.58. The van der Waals surface area contributed by atoms with Crippen molar-refractivity contribution >= 4 is 50.2 Å². The number of carbonyl (C=O) groups is 1. The van der Waals surface area contributed by atoms with Crippen LogP contribution in [0.3, 0.4) is 0 Å². The molecule has 1 heterocycles. The van der Waals surface area contributed by atoms with Crippen molar-refractivity contribution in [3.8, 4) is 0 Å². The van der Waals surface area contributed by atoms with Gasteiger partial charge in [0.1, 0.15) is 0 Å². The Hall–Kier alpha value is -0.100. The highest BCUT2D eigenvalue weighted by molar-refractivity contribution is 9.11. The molecular formula is C12H15Br2ClN2O. The van der Waals surface area contributed by atoms with Gasteiger partial charge >= 0.3 is 0 Å². The van der Waals surface area contributed by atoms with E-state index >= 15 is 0 Å². The zero-order valence-electron chi connectivity index (χ0n) is 9.73. The maximum absolute atomic E-state index is 12.3. The van der Waals surface area contributed by atoms with Gasteiger partial charge < -0.3 is 10.6 Å². The van der Waals surface area contributed by atoms with E-state index in [-0.39, 0.29) is 24.4 Å². The molecule has 1 aromatic rings. The molecule has 1 aromatic carbocycles. The van der Waals surface area contributed by atoms with Gasteiger partial charge in [0.15, 0.2) is 0 Å². The van der Waals surface area contributed by atoms with Gasteiger partial charge in [-0.15, -0.1) is 12.4 Å².